The van der Waals surface area contributed by atoms with Gasteiger partial charge in [-0.15, -0.1) is 0 Å². The molecule has 0 radical (unpaired) electrons. The summed E-state index contributed by atoms with van der Waals surface area (Å²) in [6, 6.07) is 49.5. The average Bonchev–Trinajstić information content (AvgIpc) is 3.26. The van der Waals surface area contributed by atoms with Gasteiger partial charge in [0, 0.05) is 0 Å². The Hall–Kier alpha value is -4.93. The Morgan fingerprint density at radius 1 is 0.629 bits per heavy atom. The van der Waals surface area contributed by atoms with Gasteiger partial charge in [0.1, 0.15) is 0 Å². The van der Waals surface area contributed by atoms with Crippen LogP contribution in [0.25, 0.3) is 0 Å². The van der Waals surface area contributed by atoms with Gasteiger partial charge in [0.05, 0.1) is 0 Å². The molecule has 0 atom stereocenters. The van der Waals surface area contributed by atoms with Gasteiger partial charge in [-0.25, -0.2) is 0 Å². The number of carbonyl (C=O) groups excluding carboxylic acids is 2. The van der Waals surface area contributed by atoms with Crippen molar-refractivity contribution in [1.82, 2.24) is 0 Å². The van der Waals surface area contributed by atoms with Crippen molar-refractivity contribution < 1.29 is 45.0 Å². The van der Waals surface area contributed by atoms with Gasteiger partial charge in [-0.05, 0) is 6.92 Å². The van der Waals surface area contributed by atoms with Crippen LogP contribution in [0.15, 0.2) is 152 Å². The third-order valence-electron chi connectivity index (χ3n) is 10.0. The van der Waals surface area contributed by atoms with E-state index in [0.29, 0.717) is 0 Å². The van der Waals surface area contributed by atoms with Crippen molar-refractivity contribution in [3.05, 3.63) is 188 Å². The summed E-state index contributed by atoms with van der Waals surface area (Å²) in [7, 11) is 0. The van der Waals surface area contributed by atoms with Crippen LogP contribution in [-0.2, 0) is 14.9 Å². The monoisotopic (exact) mass is 1160 g/mol. The van der Waals surface area contributed by atoms with Gasteiger partial charge in [-0.2, -0.15) is 0 Å². The first-order chi connectivity index (χ1) is 29.8. The van der Waals surface area contributed by atoms with Crippen molar-refractivity contribution >= 4 is 85.4 Å². The molecular formula is C52H46I3N2O5-. The third-order valence-corrected chi connectivity index (χ3v) is 16.8. The second-order valence-corrected chi connectivity index (χ2v) is 20.4. The zero-order chi connectivity index (χ0) is 44.0. The SMILES string of the molecule is CCOC(=O)C(=O)c1ccc(Nc2ccc(N(c3ccc(Oc4ccccc4)cc3)c3ccc(Oc4ccccc4)cc3)c([I-]c3c(C)c(C)c(I)c(C(C)(C)C)c3I)c2)cc1. The number of ether oxygens (including phenoxy) is 3. The zero-order valence-corrected chi connectivity index (χ0v) is 41.7. The van der Waals surface area contributed by atoms with Crippen LogP contribution in [-0.4, -0.2) is 18.4 Å². The first-order valence-electron chi connectivity index (χ1n) is 20.1. The van der Waals surface area contributed by atoms with Crippen LogP contribution >= 0.6 is 45.2 Å². The summed E-state index contributed by atoms with van der Waals surface area (Å²) < 4.78 is 22.6. The van der Waals surface area contributed by atoms with E-state index in [9.17, 15) is 9.59 Å². The molecule has 7 aromatic rings. The molecule has 0 saturated heterocycles. The summed E-state index contributed by atoms with van der Waals surface area (Å²) in [6.07, 6.45) is 0. The quantitative estimate of drug-likeness (QED) is 0.0382. The molecule has 7 nitrogen and oxygen atoms in total. The van der Waals surface area contributed by atoms with E-state index >= 15 is 0 Å². The number of esters is 1. The van der Waals surface area contributed by atoms with E-state index in [2.05, 4.69) is 132 Å². The van der Waals surface area contributed by atoms with E-state index in [1.165, 1.54) is 31.0 Å². The Labute approximate surface area is 401 Å². The van der Waals surface area contributed by atoms with Crippen molar-refractivity contribution in [2.45, 2.75) is 47.0 Å². The Balaban J connectivity index is 1.34. The Morgan fingerprint density at radius 2 is 1.13 bits per heavy atom. The summed E-state index contributed by atoms with van der Waals surface area (Å²) in [6.45, 7) is 13.2. The van der Waals surface area contributed by atoms with Crippen molar-refractivity contribution in [2.75, 3.05) is 16.8 Å². The summed E-state index contributed by atoms with van der Waals surface area (Å²) in [5.74, 6) is 1.50. The third kappa shape index (κ3) is 10.6. The van der Waals surface area contributed by atoms with Crippen LogP contribution in [0.2, 0.25) is 0 Å². The molecule has 0 aliphatic rings. The van der Waals surface area contributed by atoms with Crippen LogP contribution in [0.4, 0.5) is 28.4 Å². The maximum atomic E-state index is 12.6. The van der Waals surface area contributed by atoms with Gasteiger partial charge in [-0.1, -0.05) is 0 Å². The van der Waals surface area contributed by atoms with Crippen LogP contribution in [0.3, 0.4) is 0 Å². The van der Waals surface area contributed by atoms with E-state index in [0.717, 1.165) is 51.4 Å². The number of para-hydroxylation sites is 2. The number of hydrogen-bond donors (Lipinski definition) is 1. The van der Waals surface area contributed by atoms with Gasteiger partial charge < -0.3 is 0 Å². The summed E-state index contributed by atoms with van der Waals surface area (Å²) in [5, 5.41) is 3.58. The van der Waals surface area contributed by atoms with Crippen LogP contribution in [0.1, 0.15) is 54.7 Å². The average molecular weight is 1160 g/mol. The number of hydrogen-bond acceptors (Lipinski definition) is 7. The van der Waals surface area contributed by atoms with Gasteiger partial charge >= 0.3 is 398 Å². The van der Waals surface area contributed by atoms with E-state index in [1.54, 1.807) is 19.1 Å². The number of rotatable bonds is 14. The fourth-order valence-corrected chi connectivity index (χ4v) is 14.0. The van der Waals surface area contributed by atoms with Gasteiger partial charge in [0.25, 0.3) is 0 Å². The number of halogens is 3. The number of benzene rings is 7. The molecule has 0 aliphatic carbocycles. The van der Waals surface area contributed by atoms with E-state index in [-0.39, 0.29) is 17.6 Å². The number of nitrogens with one attached hydrogen (secondary N) is 1. The molecule has 7 rings (SSSR count). The molecule has 0 unspecified atom stereocenters. The van der Waals surface area contributed by atoms with Crippen LogP contribution < -0.4 is 40.9 Å². The van der Waals surface area contributed by atoms with Crippen molar-refractivity contribution in [2.24, 2.45) is 0 Å². The van der Waals surface area contributed by atoms with E-state index < -0.39 is 33.0 Å². The van der Waals surface area contributed by atoms with Crippen molar-refractivity contribution in [3.63, 3.8) is 0 Å². The Kier molecular flexibility index (Phi) is 14.6. The molecule has 316 valence electrons. The normalized spacial score (nSPS) is 11.2. The van der Waals surface area contributed by atoms with Crippen molar-refractivity contribution in [3.8, 4) is 23.0 Å². The molecule has 7 aromatic carbocycles. The molecule has 0 saturated carbocycles. The number of nitrogens with zero attached hydrogens (tertiary/aromatic N) is 1. The van der Waals surface area contributed by atoms with E-state index in [4.69, 9.17) is 14.2 Å². The van der Waals surface area contributed by atoms with Crippen LogP contribution in [0, 0.1) is 28.1 Å². The predicted molar refractivity (Wildman–Crippen MR) is 262 cm³/mol. The fourth-order valence-electron chi connectivity index (χ4n) is 6.79. The maximum absolute atomic E-state index is 12.6. The molecule has 0 heterocycles. The van der Waals surface area contributed by atoms with Crippen molar-refractivity contribution in [1.29, 1.82) is 0 Å². The Morgan fingerprint density at radius 3 is 1.63 bits per heavy atom. The molecule has 1 N–H and O–H groups in total. The van der Waals surface area contributed by atoms with Crippen LogP contribution in [0.5, 0.6) is 23.0 Å². The summed E-state index contributed by atoms with van der Waals surface area (Å²) in [5.41, 5.74) is 8.93. The number of anilines is 5. The van der Waals surface area contributed by atoms with E-state index in [1.807, 2.05) is 97.1 Å². The molecule has 0 aromatic heterocycles. The fraction of sp³-hybridized carbons (Fsp3) is 0.154. The summed E-state index contributed by atoms with van der Waals surface area (Å²) in [4.78, 5) is 27.1. The molecule has 0 fully saturated rings. The van der Waals surface area contributed by atoms with Gasteiger partial charge in [0.15, 0.2) is 0 Å². The topological polar surface area (TPSA) is 77.1 Å². The molecule has 0 bridgehead atoms. The molecule has 62 heavy (non-hydrogen) atoms. The number of ketones is 1. The van der Waals surface area contributed by atoms with Gasteiger partial charge in [0.2, 0.25) is 0 Å². The predicted octanol–water partition coefficient (Wildman–Crippen LogP) is 11.5. The molecule has 0 aliphatic heterocycles. The number of carbonyl (C=O) groups is 2. The standard InChI is InChI=1S/C52H46I3N2O5/c1-7-60-51(59)50(58)35-18-20-36(21-19-35)56-37-22-31-45(44(32-37)55-49-34(3)33(2)47(53)46(48(49)54)52(4,5)6)57(38-23-27-42(28-24-38)61-40-14-10-8-11-15-40)39-25-29-43(30-26-39)62-41-16-12-9-13-17-41/h8-32,56H,7H2,1-6H3/q-1. The van der Waals surface area contributed by atoms with Gasteiger partial charge in [-0.3, -0.25) is 0 Å². The minimum absolute atomic E-state index is 0.0454. The first kappa shape index (κ1) is 45.1. The zero-order valence-electron chi connectivity index (χ0n) is 35.3. The second-order valence-electron chi connectivity index (χ2n) is 15.5. The minimum atomic E-state index is -0.857. The molecule has 0 amide bonds. The number of Topliss-reactive ketones (excluding diaryl/α,β-unsaturated/α-hetero) is 1. The summed E-state index contributed by atoms with van der Waals surface area (Å²) >= 11 is 4.34. The second kappa shape index (κ2) is 20.1. The molecule has 10 heteroatoms. The molecule has 0 spiro atoms. The Bertz CT molecular complexity index is 2600. The first-order valence-corrected chi connectivity index (χ1v) is 24.4. The molecular weight excluding hydrogens is 1110 g/mol.